The van der Waals surface area contributed by atoms with Crippen LogP contribution in [0, 0.1) is 0 Å². The van der Waals surface area contributed by atoms with E-state index in [9.17, 15) is 5.11 Å². The van der Waals surface area contributed by atoms with E-state index in [1.807, 2.05) is 0 Å². The van der Waals surface area contributed by atoms with Crippen LogP contribution in [0.25, 0.3) is 5.70 Å². The lowest BCUT2D eigenvalue weighted by molar-refractivity contribution is 0.473. The molecule has 76 valence electrons. The van der Waals surface area contributed by atoms with Crippen molar-refractivity contribution < 1.29 is 5.11 Å². The van der Waals surface area contributed by atoms with E-state index >= 15 is 0 Å². The van der Waals surface area contributed by atoms with Gasteiger partial charge in [0.15, 0.2) is 0 Å². The van der Waals surface area contributed by atoms with Gasteiger partial charge in [-0.3, -0.25) is 0 Å². The van der Waals surface area contributed by atoms with Gasteiger partial charge >= 0.3 is 0 Å². The Labute approximate surface area is 92.3 Å². The number of phenolic OH excluding ortho intramolecular Hbond substituents is 1. The molecular weight excluding hydrogens is 212 g/mol. The van der Waals surface area contributed by atoms with Crippen LogP contribution >= 0.6 is 11.6 Å². The smallest absolute Gasteiger partial charge is 0.143 e. The van der Waals surface area contributed by atoms with Crippen molar-refractivity contribution in [2.24, 2.45) is 0 Å². The number of imidazole rings is 1. The van der Waals surface area contributed by atoms with Gasteiger partial charge in [-0.2, -0.15) is 0 Å². The van der Waals surface area contributed by atoms with E-state index in [2.05, 4.69) is 11.6 Å². The third-order valence-corrected chi connectivity index (χ3v) is 2.42. The van der Waals surface area contributed by atoms with Crippen molar-refractivity contribution in [1.82, 2.24) is 9.55 Å². The van der Waals surface area contributed by atoms with Gasteiger partial charge in [0, 0.05) is 18.0 Å². The topological polar surface area (TPSA) is 38.0 Å². The summed E-state index contributed by atoms with van der Waals surface area (Å²) in [5.41, 5.74) is 1.23. The Morgan fingerprint density at radius 2 is 2.27 bits per heavy atom. The molecule has 2 aromatic rings. The lowest BCUT2D eigenvalue weighted by atomic mass is 10.1. The molecule has 3 nitrogen and oxygen atoms in total. The fourth-order valence-corrected chi connectivity index (χ4v) is 1.48. The number of phenols is 1. The van der Waals surface area contributed by atoms with Gasteiger partial charge in [0.2, 0.25) is 0 Å². The summed E-state index contributed by atoms with van der Waals surface area (Å²) in [6.45, 7) is 3.87. The van der Waals surface area contributed by atoms with Crippen molar-refractivity contribution in [3.05, 3.63) is 54.1 Å². The van der Waals surface area contributed by atoms with Gasteiger partial charge in [-0.15, -0.1) is 0 Å². The summed E-state index contributed by atoms with van der Waals surface area (Å²) >= 11 is 5.80. The summed E-state index contributed by atoms with van der Waals surface area (Å²) in [6.07, 6.45) is 5.01. The van der Waals surface area contributed by atoms with Crippen molar-refractivity contribution in [3.8, 4) is 5.75 Å². The van der Waals surface area contributed by atoms with Crippen LogP contribution in [0.15, 0.2) is 43.5 Å². The molecule has 1 aromatic carbocycles. The summed E-state index contributed by atoms with van der Waals surface area (Å²) in [5, 5.41) is 10.1. The van der Waals surface area contributed by atoms with E-state index in [1.54, 1.807) is 41.5 Å². The molecule has 0 atom stereocenters. The average molecular weight is 221 g/mol. The molecule has 1 heterocycles. The fourth-order valence-electron chi connectivity index (χ4n) is 1.31. The van der Waals surface area contributed by atoms with Crippen molar-refractivity contribution in [3.63, 3.8) is 0 Å². The summed E-state index contributed by atoms with van der Waals surface area (Å²) < 4.78 is 1.71. The van der Waals surface area contributed by atoms with E-state index in [0.29, 0.717) is 16.3 Å². The van der Waals surface area contributed by atoms with Crippen LogP contribution in [0.3, 0.4) is 0 Å². The fraction of sp³-hybridized carbons (Fsp3) is 0. The van der Waals surface area contributed by atoms with Gasteiger partial charge in [0.05, 0.1) is 17.0 Å². The minimum atomic E-state index is 0.0397. The largest absolute Gasteiger partial charge is 0.506 e. The molecule has 0 amide bonds. The third kappa shape index (κ3) is 1.74. The molecule has 0 radical (unpaired) electrons. The number of para-hydroxylation sites is 1. The Morgan fingerprint density at radius 1 is 1.47 bits per heavy atom. The molecule has 0 aliphatic carbocycles. The minimum Gasteiger partial charge on any atom is -0.506 e. The third-order valence-electron chi connectivity index (χ3n) is 2.11. The van der Waals surface area contributed by atoms with Gasteiger partial charge in [-0.1, -0.05) is 24.2 Å². The van der Waals surface area contributed by atoms with Crippen LogP contribution in [-0.2, 0) is 0 Å². The Hall–Kier alpha value is -1.74. The summed E-state index contributed by atoms with van der Waals surface area (Å²) in [4.78, 5) is 3.91. The van der Waals surface area contributed by atoms with E-state index in [1.165, 1.54) is 0 Å². The zero-order valence-corrected chi connectivity index (χ0v) is 8.65. The normalized spacial score (nSPS) is 10.2. The Bertz CT molecular complexity index is 491. The van der Waals surface area contributed by atoms with E-state index in [4.69, 9.17) is 11.6 Å². The maximum absolute atomic E-state index is 9.74. The highest BCUT2D eigenvalue weighted by molar-refractivity contribution is 6.32. The maximum Gasteiger partial charge on any atom is 0.143 e. The molecule has 1 N–H and O–H groups in total. The molecule has 2 rings (SSSR count). The Morgan fingerprint density at radius 3 is 2.93 bits per heavy atom. The first-order chi connectivity index (χ1) is 7.20. The van der Waals surface area contributed by atoms with Crippen LogP contribution < -0.4 is 0 Å². The highest BCUT2D eigenvalue weighted by Crippen LogP contribution is 2.31. The second-order valence-corrected chi connectivity index (χ2v) is 3.46. The van der Waals surface area contributed by atoms with E-state index in [-0.39, 0.29) is 5.75 Å². The molecule has 0 aliphatic heterocycles. The van der Waals surface area contributed by atoms with Crippen LogP contribution in [-0.4, -0.2) is 14.7 Å². The van der Waals surface area contributed by atoms with Gasteiger partial charge in [0.1, 0.15) is 5.75 Å². The maximum atomic E-state index is 9.74. The molecule has 0 saturated heterocycles. The number of benzene rings is 1. The molecule has 4 heteroatoms. The molecule has 0 fully saturated rings. The van der Waals surface area contributed by atoms with Gasteiger partial charge in [-0.05, 0) is 12.1 Å². The lowest BCUT2D eigenvalue weighted by Crippen LogP contribution is -1.94. The summed E-state index contributed by atoms with van der Waals surface area (Å²) in [6, 6.07) is 5.14. The zero-order valence-electron chi connectivity index (χ0n) is 7.89. The first-order valence-electron chi connectivity index (χ1n) is 4.35. The predicted molar refractivity (Wildman–Crippen MR) is 59.8 cm³/mol. The molecule has 0 bridgehead atoms. The quantitative estimate of drug-likeness (QED) is 0.845. The molecule has 15 heavy (non-hydrogen) atoms. The number of hydrogen-bond acceptors (Lipinski definition) is 2. The molecule has 0 unspecified atom stereocenters. The van der Waals surface area contributed by atoms with Crippen LogP contribution in [0.1, 0.15) is 5.56 Å². The highest BCUT2D eigenvalue weighted by atomic mass is 35.5. The van der Waals surface area contributed by atoms with E-state index < -0.39 is 0 Å². The van der Waals surface area contributed by atoms with Gasteiger partial charge in [0.25, 0.3) is 0 Å². The predicted octanol–water partition coefficient (Wildman–Crippen LogP) is 2.76. The first kappa shape index (κ1) is 9.80. The average Bonchev–Trinajstić information content (AvgIpc) is 2.74. The van der Waals surface area contributed by atoms with Crippen molar-refractivity contribution in [2.45, 2.75) is 0 Å². The second-order valence-electron chi connectivity index (χ2n) is 3.05. The first-order valence-corrected chi connectivity index (χ1v) is 4.73. The molecule has 0 saturated carbocycles. The van der Waals surface area contributed by atoms with Crippen molar-refractivity contribution in [2.75, 3.05) is 0 Å². The molecule has 0 spiro atoms. The van der Waals surface area contributed by atoms with Gasteiger partial charge in [-0.25, -0.2) is 4.98 Å². The number of hydrogen-bond donors (Lipinski definition) is 1. The number of halogens is 1. The van der Waals surface area contributed by atoms with Crippen LogP contribution in [0.4, 0.5) is 0 Å². The summed E-state index contributed by atoms with van der Waals surface area (Å²) in [5.74, 6) is 0.0397. The molecular formula is C11H9ClN2O. The van der Waals surface area contributed by atoms with Gasteiger partial charge < -0.3 is 9.67 Å². The number of nitrogens with zero attached hydrogens (tertiary/aromatic N) is 2. The summed E-state index contributed by atoms with van der Waals surface area (Å²) in [7, 11) is 0. The highest BCUT2D eigenvalue weighted by Gasteiger charge is 2.09. The SMILES string of the molecule is C=C(c1cccc(Cl)c1O)n1ccnc1. The van der Waals surface area contributed by atoms with Crippen molar-refractivity contribution >= 4 is 17.3 Å². The minimum absolute atomic E-state index is 0.0397. The lowest BCUT2D eigenvalue weighted by Gasteiger charge is -2.09. The standard InChI is InChI=1S/C11H9ClN2O/c1-8(14-6-5-13-7-14)9-3-2-4-10(12)11(9)15/h2-7,15H,1H2. The number of aromatic nitrogens is 2. The zero-order chi connectivity index (χ0) is 10.8. The van der Waals surface area contributed by atoms with Crippen molar-refractivity contribution in [1.29, 1.82) is 0 Å². The Kier molecular flexibility index (Phi) is 2.47. The van der Waals surface area contributed by atoms with E-state index in [0.717, 1.165) is 0 Å². The second kappa shape index (κ2) is 3.79. The number of aromatic hydroxyl groups is 1. The number of rotatable bonds is 2. The molecule has 0 aliphatic rings. The molecule has 1 aromatic heterocycles. The Balaban J connectivity index is 2.47. The monoisotopic (exact) mass is 220 g/mol. The van der Waals surface area contributed by atoms with Crippen LogP contribution in [0.2, 0.25) is 5.02 Å². The van der Waals surface area contributed by atoms with Crippen LogP contribution in [0.5, 0.6) is 5.75 Å².